The lowest BCUT2D eigenvalue weighted by atomic mass is 9.75. The Labute approximate surface area is 106 Å². The molecule has 1 aromatic heterocycles. The molecule has 0 bridgehead atoms. The highest BCUT2D eigenvalue weighted by molar-refractivity contribution is 5.96. The molecule has 0 radical (unpaired) electrons. The summed E-state index contributed by atoms with van der Waals surface area (Å²) in [4.78, 5) is 13.9. The summed E-state index contributed by atoms with van der Waals surface area (Å²) in [5.74, 6) is 0.536. The quantitative estimate of drug-likeness (QED) is 0.819. The Morgan fingerprint density at radius 2 is 1.94 bits per heavy atom. The van der Waals surface area contributed by atoms with Crippen molar-refractivity contribution in [1.29, 1.82) is 0 Å². The van der Waals surface area contributed by atoms with Gasteiger partial charge in [-0.2, -0.15) is 0 Å². The molecule has 6 heteroatoms. The molecule has 18 heavy (non-hydrogen) atoms. The maximum absolute atomic E-state index is 12.1. The number of nitrogens with zero attached hydrogens (tertiary/aromatic N) is 3. The zero-order chi connectivity index (χ0) is 13.3. The van der Waals surface area contributed by atoms with Crippen LogP contribution < -0.4 is 5.73 Å². The first kappa shape index (κ1) is 12.9. The normalized spacial score (nSPS) is 18.1. The number of anilines is 1. The van der Waals surface area contributed by atoms with Gasteiger partial charge in [0.05, 0.1) is 0 Å². The largest absolute Gasteiger partial charge is 0.379 e. The Hall–Kier alpha value is -1.59. The molecular weight excluding hydrogens is 232 g/mol. The molecule has 2 rings (SSSR count). The van der Waals surface area contributed by atoms with E-state index in [1.54, 1.807) is 4.90 Å². The topological polar surface area (TPSA) is 85.2 Å². The number of rotatable bonds is 1. The third kappa shape index (κ3) is 2.47. The number of hydrogen-bond donors (Lipinski definition) is 1. The summed E-state index contributed by atoms with van der Waals surface area (Å²) in [5, 5.41) is 6.99. The van der Waals surface area contributed by atoms with Crippen LogP contribution in [-0.2, 0) is 0 Å². The second kappa shape index (κ2) is 4.59. The van der Waals surface area contributed by atoms with Gasteiger partial charge in [0.25, 0.3) is 5.91 Å². The van der Waals surface area contributed by atoms with Crippen molar-refractivity contribution in [2.24, 2.45) is 11.3 Å². The van der Waals surface area contributed by atoms with Gasteiger partial charge in [-0.3, -0.25) is 4.79 Å². The van der Waals surface area contributed by atoms with Crippen LogP contribution in [0.1, 0.15) is 44.1 Å². The molecule has 1 aliphatic heterocycles. The maximum atomic E-state index is 12.1. The van der Waals surface area contributed by atoms with E-state index in [1.165, 1.54) is 0 Å². The van der Waals surface area contributed by atoms with E-state index in [-0.39, 0.29) is 17.4 Å². The van der Waals surface area contributed by atoms with Gasteiger partial charge in [-0.25, -0.2) is 4.63 Å². The Morgan fingerprint density at radius 1 is 1.33 bits per heavy atom. The van der Waals surface area contributed by atoms with Crippen molar-refractivity contribution in [2.45, 2.75) is 33.6 Å². The van der Waals surface area contributed by atoms with E-state index in [2.05, 4.69) is 35.7 Å². The highest BCUT2D eigenvalue weighted by Crippen LogP contribution is 2.34. The summed E-state index contributed by atoms with van der Waals surface area (Å²) in [6, 6.07) is 0. The average molecular weight is 252 g/mol. The Balaban J connectivity index is 1.99. The SMILES string of the molecule is CC(C)(C)C1CCN(C(=O)c2nonc2N)CC1. The van der Waals surface area contributed by atoms with E-state index >= 15 is 0 Å². The molecular formula is C12H20N4O2. The van der Waals surface area contributed by atoms with Gasteiger partial charge in [0.2, 0.25) is 11.5 Å². The van der Waals surface area contributed by atoms with Crippen molar-refractivity contribution in [1.82, 2.24) is 15.2 Å². The molecule has 2 heterocycles. The van der Waals surface area contributed by atoms with Crippen LogP contribution in [0, 0.1) is 11.3 Å². The number of aromatic nitrogens is 2. The smallest absolute Gasteiger partial charge is 0.280 e. The Bertz CT molecular complexity index is 428. The third-order valence-corrected chi connectivity index (χ3v) is 3.72. The molecule has 6 nitrogen and oxygen atoms in total. The van der Waals surface area contributed by atoms with Gasteiger partial charge in [-0.05, 0) is 34.5 Å². The average Bonchev–Trinajstić information content (AvgIpc) is 2.73. The van der Waals surface area contributed by atoms with Crippen molar-refractivity contribution in [3.63, 3.8) is 0 Å². The standard InChI is InChI=1S/C12H20N4O2/c1-12(2,3)8-4-6-16(7-5-8)11(17)9-10(13)15-18-14-9/h8H,4-7H2,1-3H3,(H2,13,15). The lowest BCUT2D eigenvalue weighted by Crippen LogP contribution is -2.41. The van der Waals surface area contributed by atoms with E-state index in [0.29, 0.717) is 11.3 Å². The number of amides is 1. The molecule has 100 valence electrons. The van der Waals surface area contributed by atoms with Gasteiger partial charge in [-0.15, -0.1) is 0 Å². The monoisotopic (exact) mass is 252 g/mol. The Morgan fingerprint density at radius 3 is 2.39 bits per heavy atom. The predicted octanol–water partition coefficient (Wildman–Crippen LogP) is 1.55. The lowest BCUT2D eigenvalue weighted by Gasteiger charge is -2.38. The molecule has 1 saturated heterocycles. The van der Waals surface area contributed by atoms with Gasteiger partial charge in [0.15, 0.2) is 0 Å². The maximum Gasteiger partial charge on any atom is 0.280 e. The fourth-order valence-electron chi connectivity index (χ4n) is 2.44. The van der Waals surface area contributed by atoms with E-state index in [9.17, 15) is 4.79 Å². The number of likely N-dealkylation sites (tertiary alicyclic amines) is 1. The zero-order valence-electron chi connectivity index (χ0n) is 11.1. The second-order valence-electron chi connectivity index (χ2n) is 5.93. The highest BCUT2D eigenvalue weighted by atomic mass is 16.6. The van der Waals surface area contributed by atoms with Gasteiger partial charge >= 0.3 is 0 Å². The summed E-state index contributed by atoms with van der Waals surface area (Å²) < 4.78 is 4.46. The van der Waals surface area contributed by atoms with Crippen LogP contribution in [0.5, 0.6) is 0 Å². The highest BCUT2D eigenvalue weighted by Gasteiger charge is 2.32. The van der Waals surface area contributed by atoms with E-state index in [4.69, 9.17) is 5.73 Å². The number of nitrogen functional groups attached to an aromatic ring is 1. The molecule has 0 atom stereocenters. The first-order chi connectivity index (χ1) is 8.39. The van der Waals surface area contributed by atoms with Crippen LogP contribution in [0.15, 0.2) is 4.63 Å². The van der Waals surface area contributed by atoms with Gasteiger partial charge in [0.1, 0.15) is 0 Å². The predicted molar refractivity (Wildman–Crippen MR) is 66.8 cm³/mol. The lowest BCUT2D eigenvalue weighted by molar-refractivity contribution is 0.0599. The van der Waals surface area contributed by atoms with Crippen LogP contribution >= 0.6 is 0 Å². The molecule has 1 aliphatic rings. The summed E-state index contributed by atoms with van der Waals surface area (Å²) >= 11 is 0. The summed E-state index contributed by atoms with van der Waals surface area (Å²) in [7, 11) is 0. The Kier molecular flexibility index (Phi) is 3.28. The number of carbonyl (C=O) groups is 1. The minimum atomic E-state index is -0.180. The molecule has 0 unspecified atom stereocenters. The van der Waals surface area contributed by atoms with E-state index in [1.807, 2.05) is 0 Å². The fraction of sp³-hybridized carbons (Fsp3) is 0.750. The molecule has 0 aromatic carbocycles. The number of hydrogen-bond acceptors (Lipinski definition) is 5. The summed E-state index contributed by atoms with van der Waals surface area (Å²) in [5.41, 5.74) is 5.95. The number of piperidine rings is 1. The molecule has 2 N–H and O–H groups in total. The zero-order valence-corrected chi connectivity index (χ0v) is 11.1. The molecule has 1 aromatic rings. The van der Waals surface area contributed by atoms with Crippen molar-refractivity contribution >= 4 is 11.7 Å². The van der Waals surface area contributed by atoms with Crippen LogP contribution in [0.25, 0.3) is 0 Å². The minimum Gasteiger partial charge on any atom is -0.379 e. The second-order valence-corrected chi connectivity index (χ2v) is 5.93. The van der Waals surface area contributed by atoms with Crippen molar-refractivity contribution < 1.29 is 9.42 Å². The number of nitrogens with two attached hydrogens (primary N) is 1. The van der Waals surface area contributed by atoms with E-state index in [0.717, 1.165) is 25.9 Å². The molecule has 1 amide bonds. The summed E-state index contributed by atoms with van der Waals surface area (Å²) in [6.45, 7) is 8.22. The van der Waals surface area contributed by atoms with Crippen LogP contribution in [0.3, 0.4) is 0 Å². The van der Waals surface area contributed by atoms with Gasteiger partial charge in [0, 0.05) is 13.1 Å². The first-order valence-electron chi connectivity index (χ1n) is 6.27. The van der Waals surface area contributed by atoms with Gasteiger partial charge < -0.3 is 10.6 Å². The van der Waals surface area contributed by atoms with E-state index < -0.39 is 0 Å². The fourth-order valence-corrected chi connectivity index (χ4v) is 2.44. The van der Waals surface area contributed by atoms with Crippen LogP contribution in [0.2, 0.25) is 0 Å². The molecule has 0 aliphatic carbocycles. The first-order valence-corrected chi connectivity index (χ1v) is 6.27. The van der Waals surface area contributed by atoms with Crippen LogP contribution in [-0.4, -0.2) is 34.2 Å². The van der Waals surface area contributed by atoms with Crippen molar-refractivity contribution in [3.05, 3.63) is 5.69 Å². The molecule has 0 spiro atoms. The van der Waals surface area contributed by atoms with Crippen molar-refractivity contribution in [3.8, 4) is 0 Å². The van der Waals surface area contributed by atoms with Crippen molar-refractivity contribution in [2.75, 3.05) is 18.8 Å². The van der Waals surface area contributed by atoms with Gasteiger partial charge in [-0.1, -0.05) is 20.8 Å². The molecule has 0 saturated carbocycles. The summed E-state index contributed by atoms with van der Waals surface area (Å²) in [6.07, 6.45) is 2.03. The van der Waals surface area contributed by atoms with Crippen LogP contribution in [0.4, 0.5) is 5.82 Å². The third-order valence-electron chi connectivity index (χ3n) is 3.72. The molecule has 1 fully saturated rings. The number of carbonyl (C=O) groups excluding carboxylic acids is 1. The minimum absolute atomic E-state index is 0.0675.